The topological polar surface area (TPSA) is 44.5 Å². The molecule has 0 aliphatic heterocycles. The maximum atomic E-state index is 5.93. The third-order valence-electron chi connectivity index (χ3n) is 3.12. The smallest absolute Gasteiger partial charge is 0.123 e. The van der Waals surface area contributed by atoms with Gasteiger partial charge in [0.1, 0.15) is 18.1 Å². The zero-order chi connectivity index (χ0) is 14.4. The summed E-state index contributed by atoms with van der Waals surface area (Å²) < 4.78 is 11.2. The molecular weight excluding hydrogens is 270 g/mol. The monoisotopic (exact) mass is 291 g/mol. The van der Waals surface area contributed by atoms with Crippen LogP contribution in [-0.4, -0.2) is 13.7 Å². The number of methoxy groups -OCH3 is 1. The van der Waals surface area contributed by atoms with Crippen LogP contribution in [0.2, 0.25) is 0 Å². The van der Waals surface area contributed by atoms with E-state index < -0.39 is 0 Å². The van der Waals surface area contributed by atoms with Gasteiger partial charge in [0.2, 0.25) is 0 Å². The molecule has 0 aliphatic rings. The Bertz CT molecular complexity index is 551. The maximum Gasteiger partial charge on any atom is 0.123 e. The molecule has 0 radical (unpaired) electrons. The summed E-state index contributed by atoms with van der Waals surface area (Å²) in [4.78, 5) is 2.64. The lowest BCUT2D eigenvalue weighted by molar-refractivity contribution is 0.305. The molecular formula is C16H21NO2S. The molecule has 1 heterocycles. The largest absolute Gasteiger partial charge is 0.497 e. The molecule has 2 aromatic rings. The first kappa shape index (κ1) is 14.9. The predicted octanol–water partition coefficient (Wildman–Crippen LogP) is 3.40. The number of aryl methyl sites for hydroxylation is 1. The molecule has 0 saturated carbocycles. The number of rotatable bonds is 7. The van der Waals surface area contributed by atoms with Gasteiger partial charge in [-0.05, 0) is 55.3 Å². The molecule has 4 heteroatoms. The fourth-order valence-corrected chi connectivity index (χ4v) is 2.88. The van der Waals surface area contributed by atoms with E-state index in [9.17, 15) is 0 Å². The summed E-state index contributed by atoms with van der Waals surface area (Å²) >= 11 is 1.80. The van der Waals surface area contributed by atoms with Crippen LogP contribution in [0.3, 0.4) is 0 Å². The van der Waals surface area contributed by atoms with E-state index in [0.29, 0.717) is 13.2 Å². The molecule has 0 bridgehead atoms. The summed E-state index contributed by atoms with van der Waals surface area (Å²) in [7, 11) is 1.67. The second-order valence-electron chi connectivity index (χ2n) is 4.52. The number of thiophene rings is 1. The van der Waals surface area contributed by atoms with Gasteiger partial charge in [0.05, 0.1) is 7.11 Å². The Morgan fingerprint density at radius 3 is 2.60 bits per heavy atom. The Labute approximate surface area is 124 Å². The van der Waals surface area contributed by atoms with E-state index in [2.05, 4.69) is 19.1 Å². The summed E-state index contributed by atoms with van der Waals surface area (Å²) in [5.74, 6) is 1.73. The van der Waals surface area contributed by atoms with Gasteiger partial charge in [0.15, 0.2) is 0 Å². The number of hydrogen-bond acceptors (Lipinski definition) is 4. The highest BCUT2D eigenvalue weighted by molar-refractivity contribution is 7.11. The molecule has 3 nitrogen and oxygen atoms in total. The zero-order valence-electron chi connectivity index (χ0n) is 12.0. The van der Waals surface area contributed by atoms with Gasteiger partial charge in [-0.2, -0.15) is 0 Å². The molecule has 0 spiro atoms. The minimum Gasteiger partial charge on any atom is -0.497 e. The Morgan fingerprint density at radius 2 is 1.95 bits per heavy atom. The lowest BCUT2D eigenvalue weighted by Gasteiger charge is -2.12. The van der Waals surface area contributed by atoms with Crippen molar-refractivity contribution in [3.63, 3.8) is 0 Å². The van der Waals surface area contributed by atoms with Crippen molar-refractivity contribution in [2.24, 2.45) is 5.73 Å². The van der Waals surface area contributed by atoms with Gasteiger partial charge in [-0.25, -0.2) is 0 Å². The lowest BCUT2D eigenvalue weighted by Crippen LogP contribution is -2.05. The van der Waals surface area contributed by atoms with Gasteiger partial charge in [-0.3, -0.25) is 0 Å². The molecule has 0 aliphatic carbocycles. The Balaban J connectivity index is 2.07. The van der Waals surface area contributed by atoms with Crippen LogP contribution in [0.5, 0.6) is 11.5 Å². The number of nitrogens with two attached hydrogens (primary N) is 1. The highest BCUT2D eigenvalue weighted by Gasteiger charge is 2.07. The van der Waals surface area contributed by atoms with Crippen molar-refractivity contribution in [1.82, 2.24) is 0 Å². The minimum absolute atomic E-state index is 0.600. The summed E-state index contributed by atoms with van der Waals surface area (Å²) in [6.45, 7) is 3.37. The molecule has 2 rings (SSSR count). The summed E-state index contributed by atoms with van der Waals surface area (Å²) in [6, 6.07) is 10.2. The number of hydrogen-bond donors (Lipinski definition) is 1. The van der Waals surface area contributed by atoms with Gasteiger partial charge < -0.3 is 15.2 Å². The van der Waals surface area contributed by atoms with Crippen molar-refractivity contribution in [2.45, 2.75) is 26.4 Å². The average Bonchev–Trinajstić information content (AvgIpc) is 2.94. The number of benzene rings is 1. The fourth-order valence-electron chi connectivity index (χ4n) is 2.01. The van der Waals surface area contributed by atoms with E-state index in [1.807, 2.05) is 18.2 Å². The van der Waals surface area contributed by atoms with Gasteiger partial charge in [-0.15, -0.1) is 11.3 Å². The van der Waals surface area contributed by atoms with Crippen LogP contribution < -0.4 is 15.2 Å². The Kier molecular flexibility index (Phi) is 5.44. The van der Waals surface area contributed by atoms with E-state index in [1.54, 1.807) is 18.4 Å². The van der Waals surface area contributed by atoms with Crippen LogP contribution in [0.1, 0.15) is 22.2 Å². The highest BCUT2D eigenvalue weighted by atomic mass is 32.1. The molecule has 0 amide bonds. The molecule has 1 aromatic heterocycles. The van der Waals surface area contributed by atoms with Crippen LogP contribution in [0.15, 0.2) is 30.3 Å². The molecule has 0 unspecified atom stereocenters. The standard InChI is InChI=1S/C16H21NO2S/c1-3-14-5-6-15(20-14)11-19-16-7-4-13(18-2)10-12(16)8-9-17/h4-7,10H,3,8-9,11,17H2,1-2H3. The SMILES string of the molecule is CCc1ccc(COc2ccc(OC)cc2CCN)s1. The van der Waals surface area contributed by atoms with E-state index in [0.717, 1.165) is 29.9 Å². The lowest BCUT2D eigenvalue weighted by atomic mass is 10.1. The third-order valence-corrected chi connectivity index (χ3v) is 4.32. The second kappa shape index (κ2) is 7.31. The zero-order valence-corrected chi connectivity index (χ0v) is 12.8. The summed E-state index contributed by atoms with van der Waals surface area (Å²) in [5, 5.41) is 0. The van der Waals surface area contributed by atoms with Crippen molar-refractivity contribution >= 4 is 11.3 Å². The van der Waals surface area contributed by atoms with Crippen molar-refractivity contribution in [1.29, 1.82) is 0 Å². The van der Waals surface area contributed by atoms with Crippen LogP contribution in [0, 0.1) is 0 Å². The first-order valence-electron chi connectivity index (χ1n) is 6.84. The van der Waals surface area contributed by atoms with Crippen LogP contribution in [-0.2, 0) is 19.4 Å². The third kappa shape index (κ3) is 3.74. The fraction of sp³-hybridized carbons (Fsp3) is 0.375. The van der Waals surface area contributed by atoms with Crippen LogP contribution in [0.4, 0.5) is 0 Å². The molecule has 108 valence electrons. The van der Waals surface area contributed by atoms with Crippen molar-refractivity contribution in [3.8, 4) is 11.5 Å². The molecule has 0 atom stereocenters. The first-order valence-corrected chi connectivity index (χ1v) is 7.65. The maximum absolute atomic E-state index is 5.93. The van der Waals surface area contributed by atoms with E-state index in [4.69, 9.17) is 15.2 Å². The van der Waals surface area contributed by atoms with Crippen molar-refractivity contribution in [3.05, 3.63) is 45.6 Å². The van der Waals surface area contributed by atoms with Crippen molar-refractivity contribution in [2.75, 3.05) is 13.7 Å². The van der Waals surface area contributed by atoms with Crippen LogP contribution in [0.25, 0.3) is 0 Å². The Morgan fingerprint density at radius 1 is 1.15 bits per heavy atom. The minimum atomic E-state index is 0.600. The highest BCUT2D eigenvalue weighted by Crippen LogP contribution is 2.26. The van der Waals surface area contributed by atoms with Crippen LogP contribution >= 0.6 is 11.3 Å². The first-order chi connectivity index (χ1) is 9.76. The molecule has 1 aromatic carbocycles. The van der Waals surface area contributed by atoms with E-state index in [-0.39, 0.29) is 0 Å². The Hall–Kier alpha value is -1.52. The second-order valence-corrected chi connectivity index (χ2v) is 5.78. The average molecular weight is 291 g/mol. The molecule has 0 saturated heterocycles. The van der Waals surface area contributed by atoms with Gasteiger partial charge in [-0.1, -0.05) is 6.92 Å². The summed E-state index contributed by atoms with van der Waals surface area (Å²) in [6.07, 6.45) is 1.86. The molecule has 2 N–H and O–H groups in total. The van der Waals surface area contributed by atoms with E-state index >= 15 is 0 Å². The van der Waals surface area contributed by atoms with Crippen molar-refractivity contribution < 1.29 is 9.47 Å². The normalized spacial score (nSPS) is 10.6. The predicted molar refractivity (Wildman–Crippen MR) is 83.8 cm³/mol. The number of ether oxygens (including phenoxy) is 2. The van der Waals surface area contributed by atoms with Gasteiger partial charge >= 0.3 is 0 Å². The van der Waals surface area contributed by atoms with E-state index in [1.165, 1.54) is 9.75 Å². The van der Waals surface area contributed by atoms with Gasteiger partial charge in [0.25, 0.3) is 0 Å². The quantitative estimate of drug-likeness (QED) is 0.850. The van der Waals surface area contributed by atoms with Gasteiger partial charge in [0, 0.05) is 9.75 Å². The summed E-state index contributed by atoms with van der Waals surface area (Å²) in [5.41, 5.74) is 6.75. The molecule has 0 fully saturated rings. The molecule has 20 heavy (non-hydrogen) atoms.